The second kappa shape index (κ2) is 10.5. The fourth-order valence-corrected chi connectivity index (χ4v) is 5.26. The van der Waals surface area contributed by atoms with Gasteiger partial charge in [-0.1, -0.05) is 12.2 Å². The van der Waals surface area contributed by atoms with Gasteiger partial charge in [0.25, 0.3) is 5.92 Å². The van der Waals surface area contributed by atoms with Gasteiger partial charge in [0.05, 0.1) is 47.1 Å². The van der Waals surface area contributed by atoms with Crippen molar-refractivity contribution in [2.75, 3.05) is 7.11 Å². The molecule has 0 spiro atoms. The molecule has 3 aromatic heterocycles. The number of ether oxygens (including phenoxy) is 1. The molecule has 0 bridgehead atoms. The predicted molar refractivity (Wildman–Crippen MR) is 149 cm³/mol. The van der Waals surface area contributed by atoms with E-state index in [0.717, 1.165) is 30.0 Å². The van der Waals surface area contributed by atoms with Gasteiger partial charge in [-0.3, -0.25) is 4.79 Å². The number of aryl methyl sites for hydroxylation is 2. The first-order valence-corrected chi connectivity index (χ1v) is 13.2. The van der Waals surface area contributed by atoms with E-state index in [1.54, 1.807) is 24.6 Å². The number of imidazole rings is 1. The summed E-state index contributed by atoms with van der Waals surface area (Å²) in [6.45, 7) is 9.45. The van der Waals surface area contributed by atoms with E-state index in [2.05, 4.69) is 18.5 Å². The van der Waals surface area contributed by atoms with E-state index >= 15 is 0 Å². The maximum Gasteiger partial charge on any atom is 0.340 e. The van der Waals surface area contributed by atoms with Crippen LogP contribution in [0.5, 0.6) is 0 Å². The third-order valence-corrected chi connectivity index (χ3v) is 7.61. The average molecular weight is 566 g/mol. The number of methoxy groups -OCH3 is 1. The van der Waals surface area contributed by atoms with Gasteiger partial charge in [-0.05, 0) is 44.0 Å². The monoisotopic (exact) mass is 565 g/mol. The number of halogens is 3. The van der Waals surface area contributed by atoms with Gasteiger partial charge in [-0.2, -0.15) is 0 Å². The van der Waals surface area contributed by atoms with Crippen molar-refractivity contribution in [2.45, 2.75) is 38.3 Å². The summed E-state index contributed by atoms with van der Waals surface area (Å²) < 4.78 is 51.0. The minimum atomic E-state index is -3.09. The highest BCUT2D eigenvalue weighted by atomic mass is 19.3. The molecule has 1 N–H and O–H groups in total. The fourth-order valence-electron chi connectivity index (χ4n) is 5.26. The summed E-state index contributed by atoms with van der Waals surface area (Å²) in [6.07, 6.45) is 4.44. The van der Waals surface area contributed by atoms with Gasteiger partial charge in [-0.25, -0.2) is 27.9 Å². The third kappa shape index (κ3) is 4.79. The lowest BCUT2D eigenvalue weighted by Crippen LogP contribution is -2.30. The highest BCUT2D eigenvalue weighted by Crippen LogP contribution is 2.56. The smallest absolute Gasteiger partial charge is 0.340 e. The number of alkyl halides is 2. The molecule has 4 aromatic rings. The van der Waals surface area contributed by atoms with Crippen LogP contribution in [0.4, 0.5) is 13.2 Å². The maximum absolute atomic E-state index is 14.7. The summed E-state index contributed by atoms with van der Waals surface area (Å²) in [4.78, 5) is 34.1. The van der Waals surface area contributed by atoms with Crippen LogP contribution in [0.1, 0.15) is 41.9 Å². The van der Waals surface area contributed by atoms with E-state index in [0.29, 0.717) is 34.7 Å². The number of allylic oxidation sites excluding steroid dienone is 2. The first-order valence-electron chi connectivity index (χ1n) is 13.2. The van der Waals surface area contributed by atoms with Gasteiger partial charge >= 0.3 is 5.97 Å². The van der Waals surface area contributed by atoms with Crippen LogP contribution < -0.4 is 5.32 Å². The number of fused-ring (bicyclic) bond motifs is 2. The van der Waals surface area contributed by atoms with E-state index in [4.69, 9.17) is 14.7 Å². The summed E-state index contributed by atoms with van der Waals surface area (Å²) in [6, 6.07) is 7.51. The maximum atomic E-state index is 14.7. The largest absolute Gasteiger partial charge is 0.465 e. The minimum Gasteiger partial charge on any atom is -0.465 e. The number of nitrogens with one attached hydrogen (secondary N) is 1. The number of unbranched alkanes of at least 4 members (excludes halogenated alkanes) is 1. The fraction of sp³-hybridized carbons (Fsp3) is 0.333. The Hall–Kier alpha value is -4.41. The normalized spacial score (nSPS) is 18.3. The Balaban J connectivity index is 1.55. The Kier molecular flexibility index (Phi) is 7.23. The summed E-state index contributed by atoms with van der Waals surface area (Å²) in [5.74, 6) is -7.40. The summed E-state index contributed by atoms with van der Waals surface area (Å²) in [5, 5.41) is 3.46. The molecule has 11 heteroatoms. The number of nitrogens with zero attached hydrogens (tertiary/aromatic N) is 4. The van der Waals surface area contributed by atoms with Gasteiger partial charge in [-0.15, -0.1) is 13.2 Å². The van der Waals surface area contributed by atoms with E-state index in [9.17, 15) is 22.8 Å². The zero-order chi connectivity index (χ0) is 29.6. The van der Waals surface area contributed by atoms with E-state index in [1.807, 2.05) is 22.8 Å². The van der Waals surface area contributed by atoms with Gasteiger partial charge in [0.1, 0.15) is 17.4 Å². The number of amides is 1. The van der Waals surface area contributed by atoms with Crippen molar-refractivity contribution in [3.8, 4) is 11.5 Å². The van der Waals surface area contributed by atoms with Crippen LogP contribution in [-0.4, -0.2) is 44.0 Å². The number of rotatable bonds is 10. The molecule has 1 aliphatic carbocycles. The van der Waals surface area contributed by atoms with Crippen LogP contribution in [0.3, 0.4) is 0 Å². The van der Waals surface area contributed by atoms with Gasteiger partial charge in [0, 0.05) is 25.0 Å². The first kappa shape index (κ1) is 28.1. The molecule has 0 aliphatic heterocycles. The molecule has 3 atom stereocenters. The van der Waals surface area contributed by atoms with Crippen LogP contribution in [0.15, 0.2) is 55.6 Å². The summed E-state index contributed by atoms with van der Waals surface area (Å²) >= 11 is 0. The molecular weight excluding hydrogens is 535 g/mol. The second-order valence-electron chi connectivity index (χ2n) is 10.2. The number of hydrogen-bond donors (Lipinski definition) is 1. The van der Waals surface area contributed by atoms with Crippen molar-refractivity contribution in [2.24, 2.45) is 18.9 Å². The van der Waals surface area contributed by atoms with Crippen LogP contribution in [0, 0.1) is 17.7 Å². The van der Waals surface area contributed by atoms with Crippen molar-refractivity contribution in [1.82, 2.24) is 24.4 Å². The molecule has 0 radical (unpaired) electrons. The summed E-state index contributed by atoms with van der Waals surface area (Å²) in [5.41, 5.74) is 2.56. The number of carbonyl (C=O) groups excluding carboxylic acids is 2. The Morgan fingerprint density at radius 2 is 1.98 bits per heavy atom. The molecule has 214 valence electrons. The molecule has 1 saturated carbocycles. The predicted octanol–water partition coefficient (Wildman–Crippen LogP) is 5.73. The Bertz CT molecular complexity index is 1710. The Morgan fingerprint density at radius 1 is 1.22 bits per heavy atom. The van der Waals surface area contributed by atoms with Crippen LogP contribution >= 0.6 is 0 Å². The first-order chi connectivity index (χ1) is 19.5. The number of benzene rings is 1. The number of pyridine rings is 1. The van der Waals surface area contributed by atoms with Gasteiger partial charge < -0.3 is 19.2 Å². The molecular formula is C30H30F3N5O3. The van der Waals surface area contributed by atoms with E-state index in [1.165, 1.54) is 19.2 Å². The number of esters is 1. The number of aromatic nitrogens is 4. The SMILES string of the molecule is C=CCCCn1c(-c2nc3cc(C(=O)OC)c(F)cc3n2C)cc2ccc([C@@H](C)NC(=O)[C@H]3[C@H](C=C)C3(F)F)nc21. The zero-order valence-electron chi connectivity index (χ0n) is 23.0. The van der Waals surface area contributed by atoms with Gasteiger partial charge in [0.15, 0.2) is 5.82 Å². The lowest BCUT2D eigenvalue weighted by Gasteiger charge is -2.15. The zero-order valence-corrected chi connectivity index (χ0v) is 23.0. The lowest BCUT2D eigenvalue weighted by atomic mass is 10.2. The second-order valence-corrected chi connectivity index (χ2v) is 10.2. The van der Waals surface area contributed by atoms with E-state index < -0.39 is 41.5 Å². The van der Waals surface area contributed by atoms with Crippen LogP contribution in [0.25, 0.3) is 33.6 Å². The molecule has 41 heavy (non-hydrogen) atoms. The number of hydrogen-bond acceptors (Lipinski definition) is 5. The van der Waals surface area contributed by atoms with Crippen molar-refractivity contribution in [3.05, 3.63) is 72.7 Å². The molecule has 3 heterocycles. The molecule has 5 rings (SSSR count). The Labute approximate surface area is 234 Å². The highest BCUT2D eigenvalue weighted by Gasteiger charge is 2.70. The van der Waals surface area contributed by atoms with Crippen LogP contribution in [-0.2, 0) is 23.1 Å². The molecule has 1 aromatic carbocycles. The molecule has 0 unspecified atom stereocenters. The average Bonchev–Trinajstić information content (AvgIpc) is 3.17. The molecule has 0 saturated heterocycles. The molecule has 1 aliphatic rings. The topological polar surface area (TPSA) is 91.0 Å². The molecule has 1 amide bonds. The van der Waals surface area contributed by atoms with E-state index in [-0.39, 0.29) is 5.56 Å². The van der Waals surface area contributed by atoms with Crippen molar-refractivity contribution in [3.63, 3.8) is 0 Å². The standard InChI is InChI=1S/C30H30F3N5O3/c1-6-8-9-12-38-24(27-36-22-14-18(29(40)41-5)20(31)15-23(22)37(27)4)13-17-10-11-21(35-26(17)38)16(3)34-28(39)25-19(7-2)30(25,32)33/h6-7,10-11,13-16,19,25H,1-2,8-9,12H2,3-5H3,(H,34,39)/t16-,19+,25-/m1/s1. The Morgan fingerprint density at radius 3 is 2.63 bits per heavy atom. The van der Waals surface area contributed by atoms with Crippen molar-refractivity contribution < 1.29 is 27.5 Å². The third-order valence-electron chi connectivity index (χ3n) is 7.61. The lowest BCUT2D eigenvalue weighted by molar-refractivity contribution is -0.125. The highest BCUT2D eigenvalue weighted by molar-refractivity contribution is 5.95. The molecule has 1 fully saturated rings. The van der Waals surface area contributed by atoms with Crippen molar-refractivity contribution >= 4 is 33.9 Å². The number of carbonyl (C=O) groups is 2. The quantitative estimate of drug-likeness (QED) is 0.151. The minimum absolute atomic E-state index is 0.207. The molecule has 8 nitrogen and oxygen atoms in total. The summed E-state index contributed by atoms with van der Waals surface area (Å²) in [7, 11) is 2.94. The van der Waals surface area contributed by atoms with Gasteiger partial charge in [0.2, 0.25) is 5.91 Å². The van der Waals surface area contributed by atoms with Crippen molar-refractivity contribution in [1.29, 1.82) is 0 Å². The van der Waals surface area contributed by atoms with Crippen LogP contribution in [0.2, 0.25) is 0 Å².